The van der Waals surface area contributed by atoms with Crippen molar-refractivity contribution in [2.75, 3.05) is 20.2 Å². The van der Waals surface area contributed by atoms with Gasteiger partial charge in [-0.3, -0.25) is 4.90 Å². The number of nitrogens with one attached hydrogen (secondary N) is 1. The van der Waals surface area contributed by atoms with E-state index in [2.05, 4.69) is 40.4 Å². The summed E-state index contributed by atoms with van der Waals surface area (Å²) in [5, 5.41) is 1.30. The average molecular weight is 282 g/mol. The summed E-state index contributed by atoms with van der Waals surface area (Å²) in [6.07, 6.45) is 10.8. The first-order valence-corrected chi connectivity index (χ1v) is 7.90. The Morgan fingerprint density at radius 3 is 2.95 bits per heavy atom. The van der Waals surface area contributed by atoms with E-state index in [1.807, 2.05) is 6.07 Å². The Labute approximate surface area is 125 Å². The van der Waals surface area contributed by atoms with E-state index in [0.29, 0.717) is 6.04 Å². The molecular formula is C18H22N2O. The van der Waals surface area contributed by atoms with Crippen LogP contribution in [0.4, 0.5) is 0 Å². The van der Waals surface area contributed by atoms with E-state index in [4.69, 9.17) is 4.74 Å². The summed E-state index contributed by atoms with van der Waals surface area (Å²) in [5.74, 6) is 1.72. The van der Waals surface area contributed by atoms with Crippen LogP contribution in [-0.2, 0) is 6.42 Å². The number of aromatic amines is 1. The molecule has 0 spiro atoms. The number of nitrogens with zero attached hydrogens (tertiary/aromatic N) is 1. The molecule has 3 nitrogen and oxygen atoms in total. The van der Waals surface area contributed by atoms with Crippen LogP contribution in [0.2, 0.25) is 0 Å². The van der Waals surface area contributed by atoms with Crippen molar-refractivity contribution < 1.29 is 4.74 Å². The standard InChI is InChI=1S/C18H22N2O/c1-21-16-6-7-18-17(10-16)14(11-19-18)8-9-20-12-13-2-4-15(20)5-3-13/h2,4,6-7,10-11,13,15,19H,3,5,8-9,12H2,1H3/t13-,15+/m0/s1. The van der Waals surface area contributed by atoms with E-state index in [1.54, 1.807) is 7.11 Å². The van der Waals surface area contributed by atoms with Gasteiger partial charge in [0.15, 0.2) is 0 Å². The van der Waals surface area contributed by atoms with Gasteiger partial charge in [0.2, 0.25) is 0 Å². The first kappa shape index (κ1) is 13.0. The monoisotopic (exact) mass is 282 g/mol. The molecule has 0 unspecified atom stereocenters. The number of aromatic nitrogens is 1. The van der Waals surface area contributed by atoms with Gasteiger partial charge in [-0.2, -0.15) is 0 Å². The molecule has 3 aliphatic rings. The fraction of sp³-hybridized carbons (Fsp3) is 0.444. The van der Waals surface area contributed by atoms with Crippen LogP contribution in [0.1, 0.15) is 18.4 Å². The lowest BCUT2D eigenvalue weighted by Crippen LogP contribution is -2.45. The highest BCUT2D eigenvalue weighted by Gasteiger charge is 2.29. The maximum atomic E-state index is 5.35. The van der Waals surface area contributed by atoms with Crippen molar-refractivity contribution in [3.63, 3.8) is 0 Å². The van der Waals surface area contributed by atoms with Crippen LogP contribution < -0.4 is 4.74 Å². The first-order valence-electron chi connectivity index (χ1n) is 7.90. The topological polar surface area (TPSA) is 28.3 Å². The fourth-order valence-electron chi connectivity index (χ4n) is 3.77. The molecule has 1 aromatic heterocycles. The number of hydrogen-bond donors (Lipinski definition) is 1. The van der Waals surface area contributed by atoms with E-state index < -0.39 is 0 Å². The molecule has 2 aliphatic heterocycles. The lowest BCUT2D eigenvalue weighted by atomic mass is 9.86. The van der Waals surface area contributed by atoms with Gasteiger partial charge >= 0.3 is 0 Å². The quantitative estimate of drug-likeness (QED) is 0.871. The summed E-state index contributed by atoms with van der Waals surface area (Å²) in [6, 6.07) is 6.93. The molecule has 1 N–H and O–H groups in total. The van der Waals surface area contributed by atoms with E-state index in [9.17, 15) is 0 Å². The van der Waals surface area contributed by atoms with Crippen LogP contribution in [-0.4, -0.2) is 36.1 Å². The molecule has 21 heavy (non-hydrogen) atoms. The maximum Gasteiger partial charge on any atom is 0.119 e. The Morgan fingerprint density at radius 1 is 1.29 bits per heavy atom. The third kappa shape index (κ3) is 2.36. The molecule has 5 rings (SSSR count). The van der Waals surface area contributed by atoms with E-state index in [1.165, 1.54) is 35.9 Å². The minimum Gasteiger partial charge on any atom is -0.497 e. The predicted molar refractivity (Wildman–Crippen MR) is 85.8 cm³/mol. The number of rotatable bonds is 4. The van der Waals surface area contributed by atoms with Crippen molar-refractivity contribution in [2.45, 2.75) is 25.3 Å². The van der Waals surface area contributed by atoms with Crippen molar-refractivity contribution >= 4 is 10.9 Å². The van der Waals surface area contributed by atoms with Crippen molar-refractivity contribution in [2.24, 2.45) is 5.92 Å². The SMILES string of the molecule is COc1ccc2[nH]cc(CCN3C[C@H]4C=C[C@@H]3CC4)c2c1. The van der Waals surface area contributed by atoms with Gasteiger partial charge in [-0.05, 0) is 48.9 Å². The lowest BCUT2D eigenvalue weighted by Gasteiger charge is -2.41. The van der Waals surface area contributed by atoms with Crippen molar-refractivity contribution in [1.82, 2.24) is 9.88 Å². The van der Waals surface area contributed by atoms with Gasteiger partial charge in [-0.15, -0.1) is 0 Å². The van der Waals surface area contributed by atoms with E-state index in [-0.39, 0.29) is 0 Å². The number of benzene rings is 1. The van der Waals surface area contributed by atoms with Gasteiger partial charge in [0, 0.05) is 36.2 Å². The fourth-order valence-corrected chi connectivity index (χ4v) is 3.77. The maximum absolute atomic E-state index is 5.35. The van der Waals surface area contributed by atoms with Crippen molar-refractivity contribution in [1.29, 1.82) is 0 Å². The Hall–Kier alpha value is -1.74. The van der Waals surface area contributed by atoms with E-state index in [0.717, 1.165) is 24.6 Å². The minimum absolute atomic E-state index is 0.676. The summed E-state index contributed by atoms with van der Waals surface area (Å²) in [4.78, 5) is 6.02. The van der Waals surface area contributed by atoms with Gasteiger partial charge in [0.1, 0.15) is 5.75 Å². The normalized spacial score (nSPS) is 24.8. The number of hydrogen-bond acceptors (Lipinski definition) is 2. The number of methoxy groups -OCH3 is 1. The number of fused-ring (bicyclic) bond motifs is 3. The van der Waals surface area contributed by atoms with Crippen LogP contribution in [0.3, 0.4) is 0 Å². The van der Waals surface area contributed by atoms with Crippen molar-refractivity contribution in [3.05, 3.63) is 42.1 Å². The van der Waals surface area contributed by atoms with Gasteiger partial charge in [-0.1, -0.05) is 12.2 Å². The summed E-state index contributed by atoms with van der Waals surface area (Å²) < 4.78 is 5.35. The molecule has 2 aromatic rings. The van der Waals surface area contributed by atoms with Gasteiger partial charge in [0.05, 0.1) is 7.11 Å². The average Bonchev–Trinajstić information content (AvgIpc) is 2.96. The highest BCUT2D eigenvalue weighted by Crippen LogP contribution is 2.30. The zero-order chi connectivity index (χ0) is 14.2. The highest BCUT2D eigenvalue weighted by atomic mass is 16.5. The molecule has 2 bridgehead atoms. The Balaban J connectivity index is 1.51. The molecule has 0 amide bonds. The van der Waals surface area contributed by atoms with Gasteiger partial charge in [-0.25, -0.2) is 0 Å². The molecule has 0 radical (unpaired) electrons. The number of ether oxygens (including phenoxy) is 1. The summed E-state index contributed by atoms with van der Waals surface area (Å²) >= 11 is 0. The Morgan fingerprint density at radius 2 is 2.24 bits per heavy atom. The number of piperidine rings is 1. The van der Waals surface area contributed by atoms with Crippen LogP contribution in [0.5, 0.6) is 5.75 Å². The van der Waals surface area contributed by atoms with Crippen LogP contribution in [0, 0.1) is 5.92 Å². The first-order chi connectivity index (χ1) is 10.3. The van der Waals surface area contributed by atoms with Crippen molar-refractivity contribution in [3.8, 4) is 5.75 Å². The second-order valence-electron chi connectivity index (χ2n) is 6.26. The van der Waals surface area contributed by atoms with Crippen LogP contribution in [0.15, 0.2) is 36.5 Å². The van der Waals surface area contributed by atoms with Crippen LogP contribution >= 0.6 is 0 Å². The number of H-pyrrole nitrogens is 1. The van der Waals surface area contributed by atoms with Crippen LogP contribution in [0.25, 0.3) is 10.9 Å². The predicted octanol–water partition coefficient (Wildman–Crippen LogP) is 3.37. The molecule has 1 aliphatic carbocycles. The molecule has 1 aromatic carbocycles. The van der Waals surface area contributed by atoms with E-state index >= 15 is 0 Å². The molecular weight excluding hydrogens is 260 g/mol. The molecule has 3 heteroatoms. The molecule has 1 fully saturated rings. The minimum atomic E-state index is 0.676. The molecule has 2 atom stereocenters. The molecule has 110 valence electrons. The summed E-state index contributed by atoms with van der Waals surface area (Å²) in [7, 11) is 1.73. The second-order valence-corrected chi connectivity index (χ2v) is 6.26. The molecule has 0 saturated carbocycles. The highest BCUT2D eigenvalue weighted by molar-refractivity contribution is 5.84. The third-order valence-corrected chi connectivity index (χ3v) is 5.02. The van der Waals surface area contributed by atoms with Gasteiger partial charge < -0.3 is 9.72 Å². The third-order valence-electron chi connectivity index (χ3n) is 5.02. The molecule has 1 saturated heterocycles. The Kier molecular flexibility index (Phi) is 3.23. The smallest absolute Gasteiger partial charge is 0.119 e. The summed E-state index contributed by atoms with van der Waals surface area (Å²) in [6.45, 7) is 2.39. The Bertz CT molecular complexity index is 673. The zero-order valence-corrected chi connectivity index (χ0v) is 12.5. The summed E-state index contributed by atoms with van der Waals surface area (Å²) in [5.41, 5.74) is 2.60. The van der Waals surface area contributed by atoms with Gasteiger partial charge in [0.25, 0.3) is 0 Å². The zero-order valence-electron chi connectivity index (χ0n) is 12.5. The molecule has 3 heterocycles. The second kappa shape index (κ2) is 5.23. The largest absolute Gasteiger partial charge is 0.497 e. The lowest BCUT2D eigenvalue weighted by molar-refractivity contribution is 0.139.